The van der Waals surface area contributed by atoms with Crippen LogP contribution in [0, 0.1) is 12.7 Å². The van der Waals surface area contributed by atoms with Crippen molar-refractivity contribution in [3.8, 4) is 11.3 Å². The highest BCUT2D eigenvalue weighted by atomic mass is 32.2. The number of pyridine rings is 1. The van der Waals surface area contributed by atoms with Gasteiger partial charge in [0.2, 0.25) is 10.0 Å². The van der Waals surface area contributed by atoms with Gasteiger partial charge in [-0.25, -0.2) is 27.8 Å². The molecule has 1 aliphatic rings. The van der Waals surface area contributed by atoms with E-state index < -0.39 is 26.6 Å². The van der Waals surface area contributed by atoms with Crippen molar-refractivity contribution in [2.75, 3.05) is 44.3 Å². The normalized spacial score (nSPS) is 15.3. The molecule has 12 heteroatoms. The summed E-state index contributed by atoms with van der Waals surface area (Å²) in [6.07, 6.45) is 2.83. The predicted molar refractivity (Wildman–Crippen MR) is 125 cm³/mol. The van der Waals surface area contributed by atoms with E-state index in [4.69, 9.17) is 5.73 Å². The van der Waals surface area contributed by atoms with Crippen molar-refractivity contribution in [2.45, 2.75) is 11.8 Å². The maximum Gasteiger partial charge on any atom is 0.279 e. The van der Waals surface area contributed by atoms with Crippen molar-refractivity contribution < 1.29 is 17.6 Å². The number of amides is 1. The Labute approximate surface area is 196 Å². The number of aryl methyl sites for hydroxylation is 1. The number of carbonyl (C=O) groups excluding carboxylic acids is 1. The van der Waals surface area contributed by atoms with E-state index in [0.29, 0.717) is 30.0 Å². The van der Waals surface area contributed by atoms with E-state index in [1.807, 2.05) is 11.9 Å². The summed E-state index contributed by atoms with van der Waals surface area (Å²) in [5.74, 6) is -1.33. The first-order chi connectivity index (χ1) is 16.2. The average molecular weight is 486 g/mol. The smallest absolute Gasteiger partial charge is 0.279 e. The first-order valence-electron chi connectivity index (χ1n) is 10.5. The quantitative estimate of drug-likeness (QED) is 0.558. The van der Waals surface area contributed by atoms with Crippen LogP contribution in [0.3, 0.4) is 0 Å². The molecule has 34 heavy (non-hydrogen) atoms. The molecule has 0 atom stereocenters. The molecule has 1 saturated heterocycles. The van der Waals surface area contributed by atoms with Crippen molar-refractivity contribution in [1.29, 1.82) is 0 Å². The number of nitrogen functional groups attached to an aromatic ring is 1. The minimum Gasteiger partial charge on any atom is -0.382 e. The van der Waals surface area contributed by atoms with Gasteiger partial charge in [0.15, 0.2) is 11.5 Å². The van der Waals surface area contributed by atoms with Crippen LogP contribution in [-0.4, -0.2) is 71.7 Å². The fraction of sp³-hybridized carbons (Fsp3) is 0.273. The van der Waals surface area contributed by atoms with Crippen molar-refractivity contribution >= 4 is 27.6 Å². The summed E-state index contributed by atoms with van der Waals surface area (Å²) in [7, 11) is -2.09. The summed E-state index contributed by atoms with van der Waals surface area (Å²) in [5, 5.41) is 2.58. The van der Waals surface area contributed by atoms with E-state index in [1.165, 1.54) is 22.8 Å². The highest BCUT2D eigenvalue weighted by Crippen LogP contribution is 2.29. The number of nitrogens with two attached hydrogens (primary N) is 1. The summed E-state index contributed by atoms with van der Waals surface area (Å²) in [6.45, 7) is 3.36. The fourth-order valence-corrected chi connectivity index (χ4v) is 5.16. The van der Waals surface area contributed by atoms with Gasteiger partial charge in [0.05, 0.1) is 11.9 Å². The molecule has 0 saturated carbocycles. The van der Waals surface area contributed by atoms with Gasteiger partial charge in [0, 0.05) is 37.9 Å². The Morgan fingerprint density at radius 1 is 1.15 bits per heavy atom. The molecule has 3 N–H and O–H groups in total. The minimum absolute atomic E-state index is 0.107. The van der Waals surface area contributed by atoms with Gasteiger partial charge in [0.1, 0.15) is 16.5 Å². The van der Waals surface area contributed by atoms with Gasteiger partial charge in [-0.2, -0.15) is 4.31 Å². The highest BCUT2D eigenvalue weighted by molar-refractivity contribution is 7.89. The van der Waals surface area contributed by atoms with Crippen LogP contribution in [0.2, 0.25) is 0 Å². The van der Waals surface area contributed by atoms with Crippen LogP contribution in [0.5, 0.6) is 0 Å². The van der Waals surface area contributed by atoms with Gasteiger partial charge in [-0.1, -0.05) is 6.07 Å². The number of hydrogen-bond acceptors (Lipinski definition) is 8. The lowest BCUT2D eigenvalue weighted by atomic mass is 10.1. The lowest BCUT2D eigenvalue weighted by molar-refractivity contribution is 0.102. The van der Waals surface area contributed by atoms with Crippen molar-refractivity contribution in [2.24, 2.45) is 0 Å². The van der Waals surface area contributed by atoms with Crippen LogP contribution in [-0.2, 0) is 10.0 Å². The lowest BCUT2D eigenvalue weighted by Crippen LogP contribution is -2.47. The molecule has 0 aliphatic carbocycles. The van der Waals surface area contributed by atoms with Crippen LogP contribution >= 0.6 is 0 Å². The number of rotatable bonds is 5. The number of sulfonamides is 1. The van der Waals surface area contributed by atoms with Crippen LogP contribution in [0.25, 0.3) is 11.3 Å². The number of halogens is 1. The van der Waals surface area contributed by atoms with Gasteiger partial charge >= 0.3 is 0 Å². The highest BCUT2D eigenvalue weighted by Gasteiger charge is 2.30. The van der Waals surface area contributed by atoms with Crippen LogP contribution in [0.1, 0.15) is 16.1 Å². The van der Waals surface area contributed by atoms with E-state index in [1.54, 1.807) is 25.1 Å². The standard InChI is InChI=1S/C22H24FN7O3S/c1-14-11-18(34(32,33)30-9-7-29(2)8-10-30)16(23)12-15(14)17-13-26-21(24)20(27-17)22(31)28-19-5-3-4-6-25-19/h3-6,11-13H,7-10H2,1-2H3,(H2,24,26)(H,25,28,31). The molecule has 2 aromatic heterocycles. The summed E-state index contributed by atoms with van der Waals surface area (Å²) in [6, 6.07) is 7.39. The molecule has 3 heterocycles. The number of nitrogens with zero attached hydrogens (tertiary/aromatic N) is 5. The molecule has 0 spiro atoms. The van der Waals surface area contributed by atoms with E-state index in [9.17, 15) is 13.2 Å². The van der Waals surface area contributed by atoms with Crippen LogP contribution < -0.4 is 11.1 Å². The second-order valence-electron chi connectivity index (χ2n) is 7.96. The fourth-order valence-electron chi connectivity index (χ4n) is 3.60. The average Bonchev–Trinajstić information content (AvgIpc) is 2.81. The summed E-state index contributed by atoms with van der Waals surface area (Å²) in [4.78, 5) is 26.6. The first-order valence-corrected chi connectivity index (χ1v) is 11.9. The first kappa shape index (κ1) is 23.7. The summed E-state index contributed by atoms with van der Waals surface area (Å²) >= 11 is 0. The second-order valence-corrected chi connectivity index (χ2v) is 9.87. The SMILES string of the molecule is Cc1cc(S(=O)(=O)N2CCN(C)CC2)c(F)cc1-c1cnc(N)c(C(=O)Nc2ccccn2)n1. The van der Waals surface area contributed by atoms with Crippen molar-refractivity contribution in [3.63, 3.8) is 0 Å². The molecule has 1 aliphatic heterocycles. The summed E-state index contributed by atoms with van der Waals surface area (Å²) in [5.41, 5.74) is 6.63. The molecule has 1 amide bonds. The Hall–Kier alpha value is -3.48. The molecule has 3 aromatic rings. The number of nitrogens with one attached hydrogen (secondary N) is 1. The molecule has 0 bridgehead atoms. The Bertz CT molecular complexity index is 1330. The van der Waals surface area contributed by atoms with Gasteiger partial charge in [0.25, 0.3) is 5.91 Å². The zero-order chi connectivity index (χ0) is 24.5. The molecule has 1 fully saturated rings. The third-order valence-electron chi connectivity index (χ3n) is 5.56. The molecule has 0 radical (unpaired) electrons. The molecule has 178 valence electrons. The van der Waals surface area contributed by atoms with E-state index in [0.717, 1.165) is 6.07 Å². The van der Waals surface area contributed by atoms with E-state index in [-0.39, 0.29) is 30.3 Å². The minimum atomic E-state index is -4.00. The van der Waals surface area contributed by atoms with Crippen molar-refractivity contribution in [1.82, 2.24) is 24.2 Å². The van der Waals surface area contributed by atoms with Gasteiger partial charge < -0.3 is 16.0 Å². The topological polar surface area (TPSA) is 134 Å². The third kappa shape index (κ3) is 4.74. The number of carbonyl (C=O) groups is 1. The number of likely N-dealkylation sites (N-methyl/N-ethyl adjacent to an activating group) is 1. The Morgan fingerprint density at radius 2 is 1.88 bits per heavy atom. The van der Waals surface area contributed by atoms with Crippen molar-refractivity contribution in [3.05, 3.63) is 59.8 Å². The van der Waals surface area contributed by atoms with Gasteiger partial charge in [-0.15, -0.1) is 0 Å². The zero-order valence-corrected chi connectivity index (χ0v) is 19.5. The Balaban J connectivity index is 1.66. The second kappa shape index (κ2) is 9.41. The molecule has 1 aromatic carbocycles. The van der Waals surface area contributed by atoms with Gasteiger partial charge in [-0.05, 0) is 43.8 Å². The summed E-state index contributed by atoms with van der Waals surface area (Å²) < 4.78 is 42.5. The molecular formula is C22H24FN7O3S. The number of anilines is 2. The monoisotopic (exact) mass is 485 g/mol. The molecule has 0 unspecified atom stereocenters. The Morgan fingerprint density at radius 3 is 2.56 bits per heavy atom. The maximum atomic E-state index is 15.1. The zero-order valence-electron chi connectivity index (χ0n) is 18.7. The number of piperazine rings is 1. The van der Waals surface area contributed by atoms with Crippen LogP contribution in [0.4, 0.5) is 16.0 Å². The van der Waals surface area contributed by atoms with E-state index in [2.05, 4.69) is 20.3 Å². The number of hydrogen-bond donors (Lipinski definition) is 2. The largest absolute Gasteiger partial charge is 0.382 e. The third-order valence-corrected chi connectivity index (χ3v) is 7.47. The van der Waals surface area contributed by atoms with E-state index >= 15 is 4.39 Å². The van der Waals surface area contributed by atoms with Gasteiger partial charge in [-0.3, -0.25) is 4.79 Å². The molecule has 4 rings (SSSR count). The number of benzene rings is 1. The maximum absolute atomic E-state index is 15.1. The molecular weight excluding hydrogens is 461 g/mol. The Kier molecular flexibility index (Phi) is 6.55. The molecule has 10 nitrogen and oxygen atoms in total. The number of aromatic nitrogens is 3. The lowest BCUT2D eigenvalue weighted by Gasteiger charge is -2.31. The van der Waals surface area contributed by atoms with Crippen LogP contribution in [0.15, 0.2) is 47.6 Å². The predicted octanol–water partition coefficient (Wildman–Crippen LogP) is 1.76.